The van der Waals surface area contributed by atoms with Crippen LogP contribution < -0.4 is 0 Å². The Bertz CT molecular complexity index is 916. The molecule has 0 aliphatic carbocycles. The topological polar surface area (TPSA) is 78.9 Å². The fraction of sp³-hybridized carbons (Fsp3) is 0.906. The highest BCUT2D eigenvalue weighted by molar-refractivity contribution is 5.71. The highest BCUT2D eigenvalue weighted by atomic mass is 16.6. The Morgan fingerprint density at radius 3 is 0.915 bits per heavy atom. The molecule has 348 valence electrons. The van der Waals surface area contributed by atoms with Crippen LogP contribution in [0.2, 0.25) is 0 Å². The van der Waals surface area contributed by atoms with Crippen molar-refractivity contribution in [3.63, 3.8) is 0 Å². The molecule has 0 saturated heterocycles. The van der Waals surface area contributed by atoms with Gasteiger partial charge in [0, 0.05) is 19.3 Å². The van der Waals surface area contributed by atoms with Crippen molar-refractivity contribution in [1.82, 2.24) is 0 Å². The molecule has 0 fully saturated rings. The molecule has 0 aromatic carbocycles. The zero-order chi connectivity index (χ0) is 43.0. The molecule has 6 heteroatoms. The van der Waals surface area contributed by atoms with Gasteiger partial charge < -0.3 is 14.2 Å². The summed E-state index contributed by atoms with van der Waals surface area (Å²) in [7, 11) is 0. The molecule has 0 amide bonds. The summed E-state index contributed by atoms with van der Waals surface area (Å²) in [6.45, 7) is 6.61. The quantitative estimate of drug-likeness (QED) is 0.0263. The van der Waals surface area contributed by atoms with E-state index in [-0.39, 0.29) is 31.1 Å². The molecule has 6 nitrogen and oxygen atoms in total. The lowest BCUT2D eigenvalue weighted by molar-refractivity contribution is -0.167. The summed E-state index contributed by atoms with van der Waals surface area (Å²) in [6.07, 6.45) is 53.4. The molecule has 0 radical (unpaired) electrons. The van der Waals surface area contributed by atoms with Gasteiger partial charge in [0.25, 0.3) is 0 Å². The third-order valence-electron chi connectivity index (χ3n) is 11.8. The van der Waals surface area contributed by atoms with Crippen molar-refractivity contribution in [1.29, 1.82) is 0 Å². The van der Waals surface area contributed by atoms with Gasteiger partial charge in [-0.05, 0) is 38.5 Å². The predicted octanol–water partition coefficient (Wildman–Crippen LogP) is 17.0. The number of rotatable bonds is 48. The molecule has 0 rings (SSSR count). The van der Waals surface area contributed by atoms with E-state index in [4.69, 9.17) is 14.2 Å². The summed E-state index contributed by atoms with van der Waals surface area (Å²) >= 11 is 0. The van der Waals surface area contributed by atoms with Crippen molar-refractivity contribution in [3.8, 4) is 0 Å². The molecular formula is C53H100O6. The molecule has 0 bridgehead atoms. The van der Waals surface area contributed by atoms with Crippen LogP contribution in [-0.4, -0.2) is 37.2 Å². The maximum atomic E-state index is 12.8. The van der Waals surface area contributed by atoms with Crippen LogP contribution in [0.25, 0.3) is 0 Å². The van der Waals surface area contributed by atoms with Crippen molar-refractivity contribution < 1.29 is 28.6 Å². The first kappa shape index (κ1) is 57.1. The van der Waals surface area contributed by atoms with Crippen LogP contribution in [-0.2, 0) is 28.6 Å². The number of allylic oxidation sites excluding steroid dienone is 2. The SMILES string of the molecule is CCC/C=C\CCCCCCCC(=O)OCC(COC(=O)CCCCCCCCCCCCCCCCCC)OC(=O)CCCCCCCCCCCCCCCCC. The van der Waals surface area contributed by atoms with E-state index in [1.165, 1.54) is 180 Å². The zero-order valence-electron chi connectivity index (χ0n) is 39.8. The average Bonchev–Trinajstić information content (AvgIpc) is 3.23. The number of carbonyl (C=O) groups is 3. The molecular weight excluding hydrogens is 733 g/mol. The molecule has 0 heterocycles. The van der Waals surface area contributed by atoms with E-state index in [1.807, 2.05) is 0 Å². The van der Waals surface area contributed by atoms with E-state index < -0.39 is 6.10 Å². The summed E-state index contributed by atoms with van der Waals surface area (Å²) in [6, 6.07) is 0. The summed E-state index contributed by atoms with van der Waals surface area (Å²) < 4.78 is 16.8. The lowest BCUT2D eigenvalue weighted by Crippen LogP contribution is -2.30. The third kappa shape index (κ3) is 47.1. The van der Waals surface area contributed by atoms with Gasteiger partial charge in [0.2, 0.25) is 0 Å². The average molecular weight is 833 g/mol. The van der Waals surface area contributed by atoms with Crippen molar-refractivity contribution in [2.75, 3.05) is 13.2 Å². The summed E-state index contributed by atoms with van der Waals surface area (Å²) in [5.74, 6) is -0.861. The Balaban J connectivity index is 4.28. The maximum Gasteiger partial charge on any atom is 0.306 e. The van der Waals surface area contributed by atoms with Crippen molar-refractivity contribution >= 4 is 17.9 Å². The minimum Gasteiger partial charge on any atom is -0.462 e. The number of unbranched alkanes of at least 4 members (excludes halogenated alkanes) is 35. The van der Waals surface area contributed by atoms with Crippen LogP contribution in [0.3, 0.4) is 0 Å². The van der Waals surface area contributed by atoms with Gasteiger partial charge in [-0.25, -0.2) is 0 Å². The van der Waals surface area contributed by atoms with Gasteiger partial charge >= 0.3 is 17.9 Å². The van der Waals surface area contributed by atoms with E-state index >= 15 is 0 Å². The smallest absolute Gasteiger partial charge is 0.306 e. The van der Waals surface area contributed by atoms with E-state index in [2.05, 4.69) is 32.9 Å². The van der Waals surface area contributed by atoms with Gasteiger partial charge in [0.15, 0.2) is 6.10 Å². The molecule has 0 spiro atoms. The Hall–Kier alpha value is -1.85. The van der Waals surface area contributed by atoms with E-state index in [0.717, 1.165) is 70.6 Å². The van der Waals surface area contributed by atoms with Crippen molar-refractivity contribution in [2.45, 2.75) is 297 Å². The number of hydrogen-bond acceptors (Lipinski definition) is 6. The van der Waals surface area contributed by atoms with Gasteiger partial charge in [0.05, 0.1) is 0 Å². The molecule has 0 saturated carbocycles. The van der Waals surface area contributed by atoms with Crippen LogP contribution in [0.4, 0.5) is 0 Å². The van der Waals surface area contributed by atoms with Gasteiger partial charge in [-0.15, -0.1) is 0 Å². The number of esters is 3. The van der Waals surface area contributed by atoms with Gasteiger partial charge in [-0.1, -0.05) is 245 Å². The first-order chi connectivity index (χ1) is 29.0. The molecule has 0 aliphatic heterocycles. The van der Waals surface area contributed by atoms with Crippen LogP contribution in [0.5, 0.6) is 0 Å². The second kappa shape index (κ2) is 48.8. The molecule has 0 N–H and O–H groups in total. The summed E-state index contributed by atoms with van der Waals surface area (Å²) in [4.78, 5) is 37.9. The van der Waals surface area contributed by atoms with Crippen LogP contribution >= 0.6 is 0 Å². The Morgan fingerprint density at radius 1 is 0.322 bits per heavy atom. The van der Waals surface area contributed by atoms with Gasteiger partial charge in [0.1, 0.15) is 13.2 Å². The summed E-state index contributed by atoms with van der Waals surface area (Å²) in [5.41, 5.74) is 0. The standard InChI is InChI=1S/C53H100O6/c1-4-7-10-13-16-19-22-24-26-28-29-31-34-37-40-43-46-52(55)58-49-50(48-57-51(54)45-42-39-36-33-21-18-15-12-9-6-3)59-53(56)47-44-41-38-35-32-30-27-25-23-20-17-14-11-8-5-2/h12,15,50H,4-11,13-14,16-49H2,1-3H3/b15-12-. The normalized spacial score (nSPS) is 12.0. The van der Waals surface area contributed by atoms with Crippen LogP contribution in [0.1, 0.15) is 290 Å². The lowest BCUT2D eigenvalue weighted by Gasteiger charge is -2.18. The zero-order valence-corrected chi connectivity index (χ0v) is 39.8. The lowest BCUT2D eigenvalue weighted by atomic mass is 10.0. The monoisotopic (exact) mass is 833 g/mol. The van der Waals surface area contributed by atoms with E-state index in [9.17, 15) is 14.4 Å². The molecule has 0 aromatic heterocycles. The Labute approximate surface area is 367 Å². The van der Waals surface area contributed by atoms with E-state index in [1.54, 1.807) is 0 Å². The van der Waals surface area contributed by atoms with Gasteiger partial charge in [-0.2, -0.15) is 0 Å². The fourth-order valence-electron chi connectivity index (χ4n) is 7.80. The maximum absolute atomic E-state index is 12.8. The molecule has 0 aromatic rings. The van der Waals surface area contributed by atoms with Crippen LogP contribution in [0.15, 0.2) is 12.2 Å². The summed E-state index contributed by atoms with van der Waals surface area (Å²) in [5, 5.41) is 0. The number of carbonyl (C=O) groups excluding carboxylic acids is 3. The minimum absolute atomic E-state index is 0.0672. The first-order valence-corrected chi connectivity index (χ1v) is 26.2. The minimum atomic E-state index is -0.765. The Kier molecular flexibility index (Phi) is 47.3. The molecule has 1 atom stereocenters. The van der Waals surface area contributed by atoms with E-state index in [0.29, 0.717) is 19.3 Å². The largest absolute Gasteiger partial charge is 0.462 e. The first-order valence-electron chi connectivity index (χ1n) is 26.2. The third-order valence-corrected chi connectivity index (χ3v) is 11.8. The Morgan fingerprint density at radius 2 is 0.593 bits per heavy atom. The number of ether oxygens (including phenoxy) is 3. The van der Waals surface area contributed by atoms with Crippen molar-refractivity contribution in [3.05, 3.63) is 12.2 Å². The van der Waals surface area contributed by atoms with Crippen molar-refractivity contribution in [2.24, 2.45) is 0 Å². The van der Waals surface area contributed by atoms with Gasteiger partial charge in [-0.3, -0.25) is 14.4 Å². The second-order valence-corrected chi connectivity index (χ2v) is 17.8. The molecule has 0 aliphatic rings. The highest BCUT2D eigenvalue weighted by Gasteiger charge is 2.19. The van der Waals surface area contributed by atoms with Crippen LogP contribution in [0, 0.1) is 0 Å². The number of hydrogen-bond donors (Lipinski definition) is 0. The molecule has 1 unspecified atom stereocenters. The second-order valence-electron chi connectivity index (χ2n) is 17.8. The predicted molar refractivity (Wildman–Crippen MR) is 252 cm³/mol. The fourth-order valence-corrected chi connectivity index (χ4v) is 7.80. The molecule has 59 heavy (non-hydrogen) atoms. The highest BCUT2D eigenvalue weighted by Crippen LogP contribution is 2.17.